The van der Waals surface area contributed by atoms with Gasteiger partial charge in [-0.25, -0.2) is 4.39 Å². The minimum Gasteiger partial charge on any atom is -0.393 e. The summed E-state index contributed by atoms with van der Waals surface area (Å²) in [5.74, 6) is -0.682. The van der Waals surface area contributed by atoms with Gasteiger partial charge in [-0.1, -0.05) is 0 Å². The van der Waals surface area contributed by atoms with Crippen molar-refractivity contribution in [2.45, 2.75) is 6.92 Å². The molecule has 0 aromatic heterocycles. The van der Waals surface area contributed by atoms with Gasteiger partial charge in [0.05, 0.1) is 4.92 Å². The van der Waals surface area contributed by atoms with Crippen LogP contribution in [-0.4, -0.2) is 4.92 Å². The maximum atomic E-state index is 13.0. The van der Waals surface area contributed by atoms with Crippen molar-refractivity contribution in [3.8, 4) is 0 Å². The first-order chi connectivity index (χ1) is 5.95. The van der Waals surface area contributed by atoms with Crippen molar-refractivity contribution in [2.24, 2.45) is 0 Å². The first-order valence-electron chi connectivity index (χ1n) is 3.33. The third-order valence-electron chi connectivity index (χ3n) is 1.62. The van der Waals surface area contributed by atoms with Crippen LogP contribution in [0.2, 0.25) is 0 Å². The molecule has 0 saturated carbocycles. The highest BCUT2D eigenvalue weighted by atomic mass is 79.9. The van der Waals surface area contributed by atoms with E-state index >= 15 is 0 Å². The lowest BCUT2D eigenvalue weighted by atomic mass is 10.1. The molecule has 6 heteroatoms. The van der Waals surface area contributed by atoms with Crippen LogP contribution >= 0.6 is 15.9 Å². The molecule has 0 unspecified atom stereocenters. The molecule has 70 valence electrons. The van der Waals surface area contributed by atoms with Crippen LogP contribution in [0.25, 0.3) is 0 Å². The molecule has 0 saturated heterocycles. The first kappa shape index (κ1) is 9.91. The molecule has 2 N–H and O–H groups in total. The number of nitrogens with zero attached hydrogens (tertiary/aromatic N) is 1. The van der Waals surface area contributed by atoms with Gasteiger partial charge in [0, 0.05) is 0 Å². The lowest BCUT2D eigenvalue weighted by molar-refractivity contribution is -0.384. The lowest BCUT2D eigenvalue weighted by Crippen LogP contribution is -2.00. The highest BCUT2D eigenvalue weighted by Crippen LogP contribution is 2.35. The zero-order valence-corrected chi connectivity index (χ0v) is 8.26. The molecule has 1 aromatic carbocycles. The summed E-state index contributed by atoms with van der Waals surface area (Å²) in [5, 5.41) is 10.5. The second kappa shape index (κ2) is 3.29. The van der Waals surface area contributed by atoms with E-state index < -0.39 is 16.4 Å². The van der Waals surface area contributed by atoms with Crippen LogP contribution in [-0.2, 0) is 0 Å². The minimum atomic E-state index is -0.713. The van der Waals surface area contributed by atoms with Gasteiger partial charge in [0.2, 0.25) is 0 Å². The summed E-state index contributed by atoms with van der Waals surface area (Å²) < 4.78 is 12.8. The average Bonchev–Trinajstić information content (AvgIpc) is 2.01. The van der Waals surface area contributed by atoms with E-state index in [-0.39, 0.29) is 10.2 Å². The minimum absolute atomic E-state index is 0.0155. The van der Waals surface area contributed by atoms with Crippen LogP contribution in [0.5, 0.6) is 0 Å². The maximum Gasteiger partial charge on any atom is 0.309 e. The Labute approximate surface area is 81.8 Å². The second-order valence-electron chi connectivity index (χ2n) is 2.51. The third-order valence-corrected chi connectivity index (χ3v) is 2.38. The molecule has 0 spiro atoms. The van der Waals surface area contributed by atoms with Gasteiger partial charge in [-0.15, -0.1) is 0 Å². The first-order valence-corrected chi connectivity index (χ1v) is 4.13. The number of hydrogen-bond acceptors (Lipinski definition) is 3. The van der Waals surface area contributed by atoms with Gasteiger partial charge >= 0.3 is 5.69 Å². The van der Waals surface area contributed by atoms with Crippen molar-refractivity contribution in [3.63, 3.8) is 0 Å². The van der Waals surface area contributed by atoms with Crippen molar-refractivity contribution in [1.29, 1.82) is 0 Å². The quantitative estimate of drug-likeness (QED) is 0.472. The van der Waals surface area contributed by atoms with Crippen molar-refractivity contribution >= 4 is 27.3 Å². The molecule has 0 amide bonds. The Hall–Kier alpha value is -1.17. The van der Waals surface area contributed by atoms with Gasteiger partial charge in [-0.3, -0.25) is 10.1 Å². The van der Waals surface area contributed by atoms with Gasteiger partial charge in [0.1, 0.15) is 16.0 Å². The van der Waals surface area contributed by atoms with Gasteiger partial charge in [0.25, 0.3) is 0 Å². The van der Waals surface area contributed by atoms with Crippen molar-refractivity contribution < 1.29 is 9.31 Å². The molecule has 0 fully saturated rings. The summed E-state index contributed by atoms with van der Waals surface area (Å²) in [7, 11) is 0. The Morgan fingerprint density at radius 1 is 1.69 bits per heavy atom. The predicted molar refractivity (Wildman–Crippen MR) is 49.9 cm³/mol. The lowest BCUT2D eigenvalue weighted by Gasteiger charge is -2.03. The van der Waals surface area contributed by atoms with Gasteiger partial charge in [-0.05, 0) is 34.5 Å². The van der Waals surface area contributed by atoms with Crippen LogP contribution in [0.3, 0.4) is 0 Å². The van der Waals surface area contributed by atoms with E-state index in [1.807, 2.05) is 0 Å². The molecule has 0 aliphatic heterocycles. The van der Waals surface area contributed by atoms with Crippen LogP contribution in [0.15, 0.2) is 10.5 Å². The summed E-state index contributed by atoms with van der Waals surface area (Å²) in [6.07, 6.45) is 0. The third kappa shape index (κ3) is 1.62. The van der Waals surface area contributed by atoms with Crippen molar-refractivity contribution in [1.82, 2.24) is 0 Å². The summed E-state index contributed by atoms with van der Waals surface area (Å²) >= 11 is 2.77. The summed E-state index contributed by atoms with van der Waals surface area (Å²) in [5.41, 5.74) is 5.33. The number of benzene rings is 1. The molecule has 0 aliphatic carbocycles. The number of nitrogen functional groups attached to an aromatic ring is 1. The number of halogens is 2. The van der Waals surface area contributed by atoms with E-state index in [9.17, 15) is 14.5 Å². The van der Waals surface area contributed by atoms with Crippen LogP contribution in [0, 0.1) is 22.9 Å². The molecule has 0 radical (unpaired) electrons. The predicted octanol–water partition coefficient (Wildman–Crippen LogP) is 2.39. The van der Waals surface area contributed by atoms with E-state index in [2.05, 4.69) is 15.9 Å². The standard InChI is InChI=1S/C7H6BrFN2O2/c1-3-2-4(9)5(8)7(6(3)10)11(12)13/h2H,10H2,1H3. The number of hydrogen-bond donors (Lipinski definition) is 1. The molecule has 0 aliphatic rings. The van der Waals surface area contributed by atoms with E-state index in [0.717, 1.165) is 6.07 Å². The zero-order chi connectivity index (χ0) is 10.2. The highest BCUT2D eigenvalue weighted by Gasteiger charge is 2.22. The van der Waals surface area contributed by atoms with Gasteiger partial charge in [-0.2, -0.15) is 0 Å². The Morgan fingerprint density at radius 2 is 2.23 bits per heavy atom. The van der Waals surface area contributed by atoms with E-state index in [1.165, 1.54) is 6.92 Å². The number of nitro benzene ring substituents is 1. The number of nitrogens with two attached hydrogens (primary N) is 1. The second-order valence-corrected chi connectivity index (χ2v) is 3.30. The molecular weight excluding hydrogens is 243 g/mol. The maximum absolute atomic E-state index is 13.0. The molecular formula is C7H6BrFN2O2. The van der Waals surface area contributed by atoms with E-state index in [0.29, 0.717) is 5.56 Å². The fourth-order valence-corrected chi connectivity index (χ4v) is 1.40. The summed E-state index contributed by atoms with van der Waals surface area (Å²) in [6, 6.07) is 1.15. The molecule has 1 rings (SSSR count). The van der Waals surface area contributed by atoms with Crippen molar-refractivity contribution in [3.05, 3.63) is 32.0 Å². The SMILES string of the molecule is Cc1cc(F)c(Br)c([N+](=O)[O-])c1N. The van der Waals surface area contributed by atoms with Crippen LogP contribution < -0.4 is 5.73 Å². The molecule has 4 nitrogen and oxygen atoms in total. The number of rotatable bonds is 1. The van der Waals surface area contributed by atoms with Crippen LogP contribution in [0.4, 0.5) is 15.8 Å². The fraction of sp³-hybridized carbons (Fsp3) is 0.143. The molecule has 0 atom stereocenters. The largest absolute Gasteiger partial charge is 0.393 e. The molecule has 0 heterocycles. The Balaban J connectivity index is 3.56. The number of nitro groups is 1. The summed E-state index contributed by atoms with van der Waals surface area (Å²) in [4.78, 5) is 9.76. The highest BCUT2D eigenvalue weighted by molar-refractivity contribution is 9.10. The van der Waals surface area contributed by atoms with Crippen molar-refractivity contribution in [2.75, 3.05) is 5.73 Å². The average molecular weight is 249 g/mol. The fourth-order valence-electron chi connectivity index (χ4n) is 0.928. The van der Waals surface area contributed by atoms with E-state index in [4.69, 9.17) is 5.73 Å². The summed E-state index contributed by atoms with van der Waals surface area (Å²) in [6.45, 7) is 1.51. The molecule has 0 bridgehead atoms. The molecule has 13 heavy (non-hydrogen) atoms. The zero-order valence-electron chi connectivity index (χ0n) is 6.67. The van der Waals surface area contributed by atoms with Crippen LogP contribution in [0.1, 0.15) is 5.56 Å². The normalized spacial score (nSPS) is 10.1. The smallest absolute Gasteiger partial charge is 0.309 e. The Bertz CT molecular complexity index is 355. The Morgan fingerprint density at radius 3 is 2.69 bits per heavy atom. The van der Waals surface area contributed by atoms with Gasteiger partial charge < -0.3 is 5.73 Å². The number of anilines is 1. The van der Waals surface area contributed by atoms with Gasteiger partial charge in [0.15, 0.2) is 0 Å². The topological polar surface area (TPSA) is 69.2 Å². The number of aryl methyl sites for hydroxylation is 1. The van der Waals surface area contributed by atoms with E-state index in [1.54, 1.807) is 0 Å². The monoisotopic (exact) mass is 248 g/mol. The Kier molecular flexibility index (Phi) is 2.51. The molecule has 1 aromatic rings.